The molecule has 6 nitrogen and oxygen atoms in total. The summed E-state index contributed by atoms with van der Waals surface area (Å²) in [7, 11) is 0. The molecule has 1 aromatic rings. The zero-order valence-corrected chi connectivity index (χ0v) is 11.5. The second kappa shape index (κ2) is 5.03. The lowest BCUT2D eigenvalue weighted by atomic mass is 10.0. The molecule has 0 saturated carbocycles. The number of benzene rings is 1. The topological polar surface area (TPSA) is 89.9 Å². The van der Waals surface area contributed by atoms with Gasteiger partial charge in [0.25, 0.3) is 0 Å². The molecule has 108 valence electrons. The molecule has 1 saturated heterocycles. The molecule has 1 aliphatic heterocycles. The van der Waals surface area contributed by atoms with Crippen LogP contribution in [-0.2, 0) is 0 Å². The lowest BCUT2D eigenvalue weighted by Gasteiger charge is -2.31. The predicted octanol–water partition coefficient (Wildman–Crippen LogP) is 2.50. The Bertz CT molecular complexity index is 554. The highest BCUT2D eigenvalue weighted by Crippen LogP contribution is 2.29. The van der Waals surface area contributed by atoms with Crippen LogP contribution in [-0.4, -0.2) is 39.2 Å². The van der Waals surface area contributed by atoms with Crippen LogP contribution in [0.4, 0.5) is 10.5 Å². The van der Waals surface area contributed by atoms with Crippen molar-refractivity contribution < 1.29 is 19.8 Å². The smallest absolute Gasteiger partial charge is 0.339 e. The normalized spacial score (nSPS) is 17.0. The van der Waals surface area contributed by atoms with Crippen LogP contribution in [0.3, 0.4) is 0 Å². The number of likely N-dealkylation sites (tertiary alicyclic amines) is 1. The molecule has 1 heterocycles. The summed E-state index contributed by atoms with van der Waals surface area (Å²) in [4.78, 5) is 24.9. The van der Waals surface area contributed by atoms with Crippen LogP contribution in [0.5, 0.6) is 5.75 Å². The van der Waals surface area contributed by atoms with E-state index in [1.165, 1.54) is 18.2 Å². The zero-order chi connectivity index (χ0) is 14.9. The Morgan fingerprint density at radius 2 is 2.05 bits per heavy atom. The number of anilines is 1. The summed E-state index contributed by atoms with van der Waals surface area (Å²) in [5.74, 6) is -1.56. The molecule has 1 fully saturated rings. The minimum atomic E-state index is -1.24. The lowest BCUT2D eigenvalue weighted by Crippen LogP contribution is -2.44. The van der Waals surface area contributed by atoms with Crippen molar-refractivity contribution in [1.82, 2.24) is 4.90 Å². The zero-order valence-electron chi connectivity index (χ0n) is 11.5. The van der Waals surface area contributed by atoms with Crippen LogP contribution in [0.15, 0.2) is 18.2 Å². The molecule has 1 aliphatic rings. The number of carboxylic acid groups (broad SMARTS) is 1. The van der Waals surface area contributed by atoms with E-state index in [4.69, 9.17) is 5.11 Å². The maximum absolute atomic E-state index is 12.2. The number of nitrogens with one attached hydrogen (secondary N) is 1. The monoisotopic (exact) mass is 278 g/mol. The van der Waals surface area contributed by atoms with E-state index in [0.717, 1.165) is 12.8 Å². The summed E-state index contributed by atoms with van der Waals surface area (Å²) in [5, 5.41) is 21.0. The van der Waals surface area contributed by atoms with Crippen LogP contribution < -0.4 is 5.32 Å². The van der Waals surface area contributed by atoms with Gasteiger partial charge in [0.1, 0.15) is 11.3 Å². The van der Waals surface area contributed by atoms with Gasteiger partial charge in [0.05, 0.1) is 0 Å². The second-order valence-corrected chi connectivity index (χ2v) is 5.53. The van der Waals surface area contributed by atoms with E-state index in [2.05, 4.69) is 5.32 Å². The third-order valence-electron chi connectivity index (χ3n) is 3.62. The third kappa shape index (κ3) is 2.68. The number of carboxylic acids is 1. The summed E-state index contributed by atoms with van der Waals surface area (Å²) < 4.78 is 0. The average Bonchev–Trinajstić information content (AvgIpc) is 2.71. The molecule has 20 heavy (non-hydrogen) atoms. The van der Waals surface area contributed by atoms with Crippen molar-refractivity contribution in [2.45, 2.75) is 32.2 Å². The number of hydrogen-bond donors (Lipinski definition) is 3. The molecule has 0 bridgehead atoms. The Balaban J connectivity index is 2.16. The van der Waals surface area contributed by atoms with Gasteiger partial charge in [-0.3, -0.25) is 0 Å². The largest absolute Gasteiger partial charge is 0.507 e. The first kappa shape index (κ1) is 14.2. The molecule has 0 radical (unpaired) electrons. The first-order chi connectivity index (χ1) is 9.31. The molecule has 0 atom stereocenters. The molecule has 0 aliphatic carbocycles. The van der Waals surface area contributed by atoms with Crippen LogP contribution >= 0.6 is 0 Å². The maximum atomic E-state index is 12.2. The number of aromatic carboxylic acids is 1. The van der Waals surface area contributed by atoms with Gasteiger partial charge in [-0.2, -0.15) is 0 Å². The van der Waals surface area contributed by atoms with Gasteiger partial charge in [-0.25, -0.2) is 9.59 Å². The van der Waals surface area contributed by atoms with Gasteiger partial charge in [-0.05, 0) is 44.9 Å². The van der Waals surface area contributed by atoms with E-state index in [1.807, 2.05) is 13.8 Å². The van der Waals surface area contributed by atoms with E-state index in [1.54, 1.807) is 4.90 Å². The van der Waals surface area contributed by atoms with Crippen molar-refractivity contribution in [1.29, 1.82) is 0 Å². The fourth-order valence-corrected chi connectivity index (χ4v) is 2.46. The second-order valence-electron chi connectivity index (χ2n) is 5.53. The number of nitrogens with zero attached hydrogens (tertiary/aromatic N) is 1. The summed E-state index contributed by atoms with van der Waals surface area (Å²) in [6, 6.07) is 3.73. The number of carbonyl (C=O) groups is 2. The number of rotatable bonds is 2. The van der Waals surface area contributed by atoms with Gasteiger partial charge in [0.15, 0.2) is 0 Å². The maximum Gasteiger partial charge on any atom is 0.339 e. The molecule has 0 aromatic heterocycles. The Morgan fingerprint density at radius 1 is 1.35 bits per heavy atom. The van der Waals surface area contributed by atoms with Gasteiger partial charge in [0, 0.05) is 17.8 Å². The first-order valence-corrected chi connectivity index (χ1v) is 6.46. The van der Waals surface area contributed by atoms with Crippen LogP contribution in [0.1, 0.15) is 37.0 Å². The SMILES string of the molecule is CC1(C)CCCN1C(=O)Nc1ccc(O)c(C(=O)O)c1. The summed E-state index contributed by atoms with van der Waals surface area (Å²) >= 11 is 0. The third-order valence-corrected chi connectivity index (χ3v) is 3.62. The van der Waals surface area contributed by atoms with Gasteiger partial charge in [-0.15, -0.1) is 0 Å². The molecule has 2 rings (SSSR count). The van der Waals surface area contributed by atoms with Crippen molar-refractivity contribution in [2.75, 3.05) is 11.9 Å². The highest BCUT2D eigenvalue weighted by Gasteiger charge is 2.35. The molecular formula is C14H18N2O4. The van der Waals surface area contributed by atoms with Crippen LogP contribution in [0.2, 0.25) is 0 Å². The van der Waals surface area contributed by atoms with E-state index < -0.39 is 5.97 Å². The van der Waals surface area contributed by atoms with Crippen molar-refractivity contribution in [2.24, 2.45) is 0 Å². The van der Waals surface area contributed by atoms with E-state index in [0.29, 0.717) is 12.2 Å². The van der Waals surface area contributed by atoms with Crippen LogP contribution in [0.25, 0.3) is 0 Å². The standard InChI is InChI=1S/C14H18N2O4/c1-14(2)6-3-7-16(14)13(20)15-9-4-5-11(17)10(8-9)12(18)19/h4-5,8,17H,3,6-7H2,1-2H3,(H,15,20)(H,18,19). The van der Waals surface area contributed by atoms with Crippen molar-refractivity contribution in [3.05, 3.63) is 23.8 Å². The minimum absolute atomic E-state index is 0.198. The molecule has 1 aromatic carbocycles. The predicted molar refractivity (Wildman–Crippen MR) is 74.1 cm³/mol. The highest BCUT2D eigenvalue weighted by atomic mass is 16.4. The van der Waals surface area contributed by atoms with Crippen LogP contribution in [0, 0.1) is 0 Å². The number of hydrogen-bond acceptors (Lipinski definition) is 3. The number of phenols is 1. The molecule has 6 heteroatoms. The van der Waals surface area contributed by atoms with E-state index in [9.17, 15) is 14.7 Å². The number of aromatic hydroxyl groups is 1. The van der Waals surface area contributed by atoms with Crippen molar-refractivity contribution in [3.8, 4) is 5.75 Å². The van der Waals surface area contributed by atoms with Crippen molar-refractivity contribution in [3.63, 3.8) is 0 Å². The Hall–Kier alpha value is -2.24. The summed E-state index contributed by atoms with van der Waals surface area (Å²) in [6.07, 6.45) is 1.90. The van der Waals surface area contributed by atoms with Gasteiger partial charge in [0.2, 0.25) is 0 Å². The van der Waals surface area contributed by atoms with Gasteiger partial charge in [-0.1, -0.05) is 0 Å². The Kier molecular flexibility index (Phi) is 3.57. The molecule has 2 amide bonds. The average molecular weight is 278 g/mol. The minimum Gasteiger partial charge on any atom is -0.507 e. The van der Waals surface area contributed by atoms with E-state index >= 15 is 0 Å². The van der Waals surface area contributed by atoms with Crippen molar-refractivity contribution >= 4 is 17.7 Å². The number of carbonyl (C=O) groups excluding carboxylic acids is 1. The summed E-state index contributed by atoms with van der Waals surface area (Å²) in [5.41, 5.74) is -0.0761. The molecular weight excluding hydrogens is 260 g/mol. The van der Waals surface area contributed by atoms with Gasteiger partial charge < -0.3 is 20.4 Å². The molecule has 3 N–H and O–H groups in total. The fourth-order valence-electron chi connectivity index (χ4n) is 2.46. The fraction of sp³-hybridized carbons (Fsp3) is 0.429. The highest BCUT2D eigenvalue weighted by molar-refractivity contribution is 5.95. The quantitative estimate of drug-likeness (QED) is 0.725. The molecule has 0 unspecified atom stereocenters. The Morgan fingerprint density at radius 3 is 2.60 bits per heavy atom. The first-order valence-electron chi connectivity index (χ1n) is 6.46. The number of urea groups is 1. The van der Waals surface area contributed by atoms with Gasteiger partial charge >= 0.3 is 12.0 Å². The summed E-state index contributed by atoms with van der Waals surface area (Å²) in [6.45, 7) is 4.68. The van der Waals surface area contributed by atoms with E-state index in [-0.39, 0.29) is 22.9 Å². The molecule has 0 spiro atoms. The number of amides is 2. The Labute approximate surface area is 117 Å². The lowest BCUT2D eigenvalue weighted by molar-refractivity contribution is 0.0693.